The van der Waals surface area contributed by atoms with Crippen LogP contribution in [0.3, 0.4) is 0 Å². The Morgan fingerprint density at radius 3 is 2.94 bits per heavy atom. The Morgan fingerprint density at radius 2 is 2.25 bits per heavy atom. The topological polar surface area (TPSA) is 29.5 Å². The van der Waals surface area contributed by atoms with Crippen molar-refractivity contribution in [3.63, 3.8) is 0 Å². The normalized spacial score (nSPS) is 14.9. The summed E-state index contributed by atoms with van der Waals surface area (Å²) in [4.78, 5) is 13.5. The Labute approximate surface area is 100.0 Å². The molecule has 0 spiro atoms. The first-order valence-corrected chi connectivity index (χ1v) is 5.83. The molecule has 16 heavy (non-hydrogen) atoms. The standard InChI is InChI=1S/C12H14ClNO2/c1-16-11-4-2-3-10-9(11)5-6-12(15)14(10)8-7-13/h2-4H,5-8H2,1H3. The van der Waals surface area contributed by atoms with Gasteiger partial charge in [0.05, 0.1) is 12.8 Å². The van der Waals surface area contributed by atoms with Crippen LogP contribution in [-0.4, -0.2) is 25.4 Å². The largest absolute Gasteiger partial charge is 0.496 e. The zero-order valence-corrected chi connectivity index (χ0v) is 9.96. The first-order valence-electron chi connectivity index (χ1n) is 5.30. The van der Waals surface area contributed by atoms with Gasteiger partial charge in [-0.05, 0) is 18.6 Å². The summed E-state index contributed by atoms with van der Waals surface area (Å²) < 4.78 is 5.30. The molecule has 0 fully saturated rings. The molecule has 1 aliphatic heterocycles. The highest BCUT2D eigenvalue weighted by molar-refractivity contribution is 6.18. The van der Waals surface area contributed by atoms with E-state index in [9.17, 15) is 4.79 Å². The van der Waals surface area contributed by atoms with Gasteiger partial charge in [-0.15, -0.1) is 11.6 Å². The SMILES string of the molecule is COc1cccc2c1CCC(=O)N2CCCl. The fraction of sp³-hybridized carbons (Fsp3) is 0.417. The maximum atomic E-state index is 11.8. The van der Waals surface area contributed by atoms with Gasteiger partial charge < -0.3 is 9.64 Å². The van der Waals surface area contributed by atoms with E-state index < -0.39 is 0 Å². The van der Waals surface area contributed by atoms with Gasteiger partial charge >= 0.3 is 0 Å². The van der Waals surface area contributed by atoms with E-state index in [1.165, 1.54) is 0 Å². The number of nitrogens with zero attached hydrogens (tertiary/aromatic N) is 1. The lowest BCUT2D eigenvalue weighted by molar-refractivity contribution is -0.118. The van der Waals surface area contributed by atoms with Gasteiger partial charge in [0, 0.05) is 24.4 Å². The highest BCUT2D eigenvalue weighted by Gasteiger charge is 2.25. The molecule has 3 nitrogen and oxygen atoms in total. The van der Waals surface area contributed by atoms with Gasteiger partial charge in [0.25, 0.3) is 0 Å². The van der Waals surface area contributed by atoms with Gasteiger partial charge in [-0.3, -0.25) is 4.79 Å². The molecule has 0 saturated carbocycles. The first kappa shape index (κ1) is 11.3. The van der Waals surface area contributed by atoms with Crippen LogP contribution in [0.15, 0.2) is 18.2 Å². The maximum absolute atomic E-state index is 11.8. The summed E-state index contributed by atoms with van der Waals surface area (Å²) in [6, 6.07) is 5.77. The van der Waals surface area contributed by atoms with Crippen LogP contribution in [0, 0.1) is 0 Å². The summed E-state index contributed by atoms with van der Waals surface area (Å²) >= 11 is 5.72. The Kier molecular flexibility index (Phi) is 3.34. The van der Waals surface area contributed by atoms with Crippen LogP contribution in [0.5, 0.6) is 5.75 Å². The fourth-order valence-corrected chi connectivity index (χ4v) is 2.25. The number of methoxy groups -OCH3 is 1. The van der Waals surface area contributed by atoms with Crippen molar-refractivity contribution < 1.29 is 9.53 Å². The van der Waals surface area contributed by atoms with E-state index in [0.717, 1.165) is 23.4 Å². The van der Waals surface area contributed by atoms with Crippen LogP contribution in [-0.2, 0) is 11.2 Å². The van der Waals surface area contributed by atoms with E-state index in [1.807, 2.05) is 18.2 Å². The molecule has 2 rings (SSSR count). The monoisotopic (exact) mass is 239 g/mol. The number of benzene rings is 1. The number of fused-ring (bicyclic) bond motifs is 1. The third-order valence-electron chi connectivity index (χ3n) is 2.82. The van der Waals surface area contributed by atoms with Crippen LogP contribution in [0.1, 0.15) is 12.0 Å². The minimum atomic E-state index is 0.140. The predicted molar refractivity (Wildman–Crippen MR) is 64.4 cm³/mol. The van der Waals surface area contributed by atoms with E-state index >= 15 is 0 Å². The summed E-state index contributed by atoms with van der Waals surface area (Å²) in [5, 5.41) is 0. The number of anilines is 1. The number of halogens is 1. The quantitative estimate of drug-likeness (QED) is 0.757. The molecule has 4 heteroatoms. The lowest BCUT2D eigenvalue weighted by Crippen LogP contribution is -2.36. The molecule has 1 aromatic rings. The molecule has 0 aromatic heterocycles. The van der Waals surface area contributed by atoms with Crippen LogP contribution in [0.25, 0.3) is 0 Å². The zero-order valence-electron chi connectivity index (χ0n) is 9.20. The first-order chi connectivity index (χ1) is 7.77. The Hall–Kier alpha value is -1.22. The Balaban J connectivity index is 2.43. The molecule has 0 unspecified atom stereocenters. The molecule has 1 aliphatic rings. The van der Waals surface area contributed by atoms with Crippen LogP contribution in [0.2, 0.25) is 0 Å². The van der Waals surface area contributed by atoms with Crippen molar-refractivity contribution in [3.05, 3.63) is 23.8 Å². The van der Waals surface area contributed by atoms with Gasteiger partial charge in [0.1, 0.15) is 5.75 Å². The average Bonchev–Trinajstić information content (AvgIpc) is 2.32. The molecule has 1 amide bonds. The summed E-state index contributed by atoms with van der Waals surface area (Å²) in [6.07, 6.45) is 1.28. The van der Waals surface area contributed by atoms with E-state index in [2.05, 4.69) is 0 Å². The summed E-state index contributed by atoms with van der Waals surface area (Å²) in [7, 11) is 1.65. The average molecular weight is 240 g/mol. The molecular weight excluding hydrogens is 226 g/mol. The van der Waals surface area contributed by atoms with E-state index in [-0.39, 0.29) is 5.91 Å². The highest BCUT2D eigenvalue weighted by Crippen LogP contribution is 2.34. The number of carbonyl (C=O) groups is 1. The number of amides is 1. The van der Waals surface area contributed by atoms with Crippen molar-refractivity contribution in [2.45, 2.75) is 12.8 Å². The number of ether oxygens (including phenoxy) is 1. The molecule has 0 aliphatic carbocycles. The predicted octanol–water partition coefficient (Wildman–Crippen LogP) is 2.21. The van der Waals surface area contributed by atoms with E-state index in [0.29, 0.717) is 18.8 Å². The van der Waals surface area contributed by atoms with Crippen molar-refractivity contribution in [1.82, 2.24) is 0 Å². The zero-order chi connectivity index (χ0) is 11.5. The molecule has 86 valence electrons. The van der Waals surface area contributed by atoms with Crippen molar-refractivity contribution >= 4 is 23.2 Å². The van der Waals surface area contributed by atoms with Crippen LogP contribution in [0.4, 0.5) is 5.69 Å². The summed E-state index contributed by atoms with van der Waals surface area (Å²) in [5.74, 6) is 1.44. The van der Waals surface area contributed by atoms with Gasteiger partial charge in [0.2, 0.25) is 5.91 Å². The van der Waals surface area contributed by atoms with Gasteiger partial charge in [-0.25, -0.2) is 0 Å². The summed E-state index contributed by atoms with van der Waals surface area (Å²) in [5.41, 5.74) is 2.05. The minimum absolute atomic E-state index is 0.140. The number of carbonyl (C=O) groups excluding carboxylic acids is 1. The van der Waals surface area contributed by atoms with Crippen molar-refractivity contribution in [2.24, 2.45) is 0 Å². The third-order valence-corrected chi connectivity index (χ3v) is 2.99. The Bertz CT molecular complexity index is 406. The minimum Gasteiger partial charge on any atom is -0.496 e. The number of alkyl halides is 1. The molecule has 1 heterocycles. The Morgan fingerprint density at radius 1 is 1.44 bits per heavy atom. The number of hydrogen-bond acceptors (Lipinski definition) is 2. The molecule has 0 radical (unpaired) electrons. The second-order valence-electron chi connectivity index (χ2n) is 3.69. The molecule has 0 N–H and O–H groups in total. The van der Waals surface area contributed by atoms with E-state index in [1.54, 1.807) is 12.0 Å². The number of rotatable bonds is 3. The lowest BCUT2D eigenvalue weighted by atomic mass is 10.00. The number of hydrogen-bond donors (Lipinski definition) is 0. The van der Waals surface area contributed by atoms with Crippen LogP contribution < -0.4 is 9.64 Å². The van der Waals surface area contributed by atoms with Gasteiger partial charge in [-0.1, -0.05) is 6.07 Å². The maximum Gasteiger partial charge on any atom is 0.227 e. The van der Waals surface area contributed by atoms with Crippen molar-refractivity contribution in [2.75, 3.05) is 24.4 Å². The smallest absolute Gasteiger partial charge is 0.227 e. The molecule has 0 atom stereocenters. The van der Waals surface area contributed by atoms with Gasteiger partial charge in [-0.2, -0.15) is 0 Å². The highest BCUT2D eigenvalue weighted by atomic mass is 35.5. The van der Waals surface area contributed by atoms with Crippen molar-refractivity contribution in [3.8, 4) is 5.75 Å². The van der Waals surface area contributed by atoms with E-state index in [4.69, 9.17) is 16.3 Å². The van der Waals surface area contributed by atoms with Gasteiger partial charge in [0.15, 0.2) is 0 Å². The second kappa shape index (κ2) is 4.74. The fourth-order valence-electron chi connectivity index (χ4n) is 2.08. The summed E-state index contributed by atoms with van der Waals surface area (Å²) in [6.45, 7) is 0.556. The molecular formula is C12H14ClNO2. The molecule has 0 bridgehead atoms. The molecule has 1 aromatic carbocycles. The third kappa shape index (κ3) is 1.87. The van der Waals surface area contributed by atoms with Crippen LogP contribution >= 0.6 is 11.6 Å². The molecule has 0 saturated heterocycles. The van der Waals surface area contributed by atoms with Crippen molar-refractivity contribution in [1.29, 1.82) is 0 Å². The second-order valence-corrected chi connectivity index (χ2v) is 4.07. The lowest BCUT2D eigenvalue weighted by Gasteiger charge is -2.29.